The topological polar surface area (TPSA) is 43.4 Å². The van der Waals surface area contributed by atoms with Crippen LogP contribution < -0.4 is 0 Å². The Morgan fingerprint density at radius 1 is 0.824 bits per heavy atom. The molecule has 0 aromatic carbocycles. The van der Waals surface area contributed by atoms with E-state index in [4.69, 9.17) is 18.3 Å². The normalized spacial score (nSPS) is 18.1. The summed E-state index contributed by atoms with van der Waals surface area (Å²) in [5.41, 5.74) is 0. The number of ether oxygens (including phenoxy) is 2. The van der Waals surface area contributed by atoms with Gasteiger partial charge in [0.15, 0.2) is 0 Å². The molecule has 1 rings (SSSR count). The molecule has 0 aromatic rings. The van der Waals surface area contributed by atoms with Crippen molar-refractivity contribution >= 4 is 8.88 Å². The number of hydrogen-bond donors (Lipinski definition) is 0. The highest BCUT2D eigenvalue weighted by molar-refractivity contribution is 6.62. The first-order chi connectivity index (χ1) is 8.17. The van der Waals surface area contributed by atoms with E-state index >= 15 is 0 Å². The Kier molecular flexibility index (Phi) is 5.93. The molecule has 0 bridgehead atoms. The van der Waals surface area contributed by atoms with Crippen LogP contribution in [0.3, 0.4) is 0 Å². The molecule has 0 radical (unpaired) electrons. The van der Waals surface area contributed by atoms with Crippen LogP contribution in [0.1, 0.15) is 0 Å². The van der Waals surface area contributed by atoms with E-state index in [-0.39, 0.29) is 0 Å². The molecule has 1 aliphatic heterocycles. The quantitative estimate of drug-likeness (QED) is 0.456. The van der Waals surface area contributed by atoms with Crippen LogP contribution in [0.15, 0.2) is 12.4 Å². The fraction of sp³-hybridized carbons (Fsp3) is 0.800. The summed E-state index contributed by atoms with van der Waals surface area (Å²) in [5, 5.41) is 0. The molecule has 7 heteroatoms. The van der Waals surface area contributed by atoms with E-state index in [1.54, 1.807) is 14.2 Å². The molecule has 100 valence electrons. The van der Waals surface area contributed by atoms with Crippen LogP contribution in [0.25, 0.3) is 0 Å². The molecule has 0 unspecified atom stereocenters. The molecule has 0 spiro atoms. The number of nitrogens with zero attached hydrogens (tertiary/aromatic N) is 2. The van der Waals surface area contributed by atoms with Crippen LogP contribution in [-0.4, -0.2) is 72.8 Å². The first-order valence-electron chi connectivity index (χ1n) is 5.57. The van der Waals surface area contributed by atoms with Crippen LogP contribution >= 0.6 is 0 Å². The molecule has 17 heavy (non-hydrogen) atoms. The Labute approximate surface area is 104 Å². The summed E-state index contributed by atoms with van der Waals surface area (Å²) < 4.78 is 25.9. The Hall–Kier alpha value is -0.603. The lowest BCUT2D eigenvalue weighted by Crippen LogP contribution is -2.62. The van der Waals surface area contributed by atoms with E-state index in [1.165, 1.54) is 0 Å². The maximum absolute atomic E-state index is 5.93. The van der Waals surface area contributed by atoms with Gasteiger partial charge in [-0.2, -0.15) is 0 Å². The minimum Gasteiger partial charge on any atom is -0.382 e. The summed E-state index contributed by atoms with van der Waals surface area (Å²) in [6.07, 6.45) is 3.93. The van der Waals surface area contributed by atoms with Crippen molar-refractivity contribution in [1.82, 2.24) is 9.13 Å². The molecule has 0 fully saturated rings. The van der Waals surface area contributed by atoms with Crippen molar-refractivity contribution in [2.24, 2.45) is 0 Å². The van der Waals surface area contributed by atoms with Gasteiger partial charge in [0.2, 0.25) is 0 Å². The zero-order valence-electron chi connectivity index (χ0n) is 11.0. The van der Waals surface area contributed by atoms with E-state index in [1.807, 2.05) is 35.6 Å². The zero-order chi connectivity index (χ0) is 12.7. The van der Waals surface area contributed by atoms with Crippen LogP contribution in [0.5, 0.6) is 0 Å². The first kappa shape index (κ1) is 14.5. The van der Waals surface area contributed by atoms with Crippen molar-refractivity contribution in [2.75, 3.05) is 54.7 Å². The van der Waals surface area contributed by atoms with Crippen molar-refractivity contribution in [1.29, 1.82) is 0 Å². The van der Waals surface area contributed by atoms with Gasteiger partial charge in [0.1, 0.15) is 0 Å². The Balaban J connectivity index is 2.57. The minimum absolute atomic E-state index is 0.520. The van der Waals surface area contributed by atoms with E-state index in [0.29, 0.717) is 26.4 Å². The molecular formula is C10H22N2O4Si. The highest BCUT2D eigenvalue weighted by Crippen LogP contribution is 2.22. The van der Waals surface area contributed by atoms with Gasteiger partial charge < -0.3 is 27.5 Å². The summed E-state index contributed by atoms with van der Waals surface area (Å²) in [6.45, 7) is 2.16. The molecule has 0 amide bonds. The fourth-order valence-electron chi connectivity index (χ4n) is 1.60. The van der Waals surface area contributed by atoms with Crippen LogP contribution in [0.4, 0.5) is 0 Å². The SMILES string of the molecule is COCCO[Si]1(OCCOC)N(C)C=CN1C. The maximum Gasteiger partial charge on any atom is 0.587 e. The Morgan fingerprint density at radius 3 is 1.59 bits per heavy atom. The lowest BCUT2D eigenvalue weighted by atomic mass is 10.8. The van der Waals surface area contributed by atoms with Gasteiger partial charge in [-0.3, -0.25) is 0 Å². The molecule has 0 saturated heterocycles. The van der Waals surface area contributed by atoms with Gasteiger partial charge in [-0.15, -0.1) is 0 Å². The van der Waals surface area contributed by atoms with Crippen molar-refractivity contribution in [2.45, 2.75) is 0 Å². The number of rotatable bonds is 8. The fourth-order valence-corrected chi connectivity index (χ4v) is 4.21. The number of hydrogen-bond acceptors (Lipinski definition) is 6. The van der Waals surface area contributed by atoms with Gasteiger partial charge >= 0.3 is 8.88 Å². The molecule has 0 N–H and O–H groups in total. The standard InChI is InChI=1S/C10H22N2O4Si/c1-11-5-6-12(2)17(11,15-9-7-13-3)16-10-8-14-4/h5-6H,7-10H2,1-4H3. The maximum atomic E-state index is 5.93. The summed E-state index contributed by atoms with van der Waals surface area (Å²) >= 11 is 0. The lowest BCUT2D eigenvalue weighted by Gasteiger charge is -2.36. The van der Waals surface area contributed by atoms with Crippen molar-refractivity contribution in [3.63, 3.8) is 0 Å². The Bertz CT molecular complexity index is 228. The van der Waals surface area contributed by atoms with Crippen LogP contribution in [-0.2, 0) is 18.3 Å². The molecular weight excluding hydrogens is 240 g/mol. The van der Waals surface area contributed by atoms with Gasteiger partial charge in [-0.1, -0.05) is 0 Å². The predicted molar refractivity (Wildman–Crippen MR) is 66.1 cm³/mol. The summed E-state index contributed by atoms with van der Waals surface area (Å²) in [4.78, 5) is 0. The van der Waals surface area contributed by atoms with Crippen molar-refractivity contribution in [3.8, 4) is 0 Å². The van der Waals surface area contributed by atoms with Crippen LogP contribution in [0, 0.1) is 0 Å². The number of methoxy groups -OCH3 is 2. The van der Waals surface area contributed by atoms with E-state index in [2.05, 4.69) is 0 Å². The summed E-state index contributed by atoms with van der Waals surface area (Å²) in [7, 11) is 4.72. The van der Waals surface area contributed by atoms with Gasteiger partial charge in [-0.05, 0) is 0 Å². The summed E-state index contributed by atoms with van der Waals surface area (Å²) in [5.74, 6) is 0. The second-order valence-corrected chi connectivity index (χ2v) is 6.84. The highest BCUT2D eigenvalue weighted by Gasteiger charge is 2.51. The van der Waals surface area contributed by atoms with Crippen LogP contribution in [0.2, 0.25) is 0 Å². The molecule has 6 nitrogen and oxygen atoms in total. The lowest BCUT2D eigenvalue weighted by molar-refractivity contribution is 0.0513. The second-order valence-electron chi connectivity index (χ2n) is 3.75. The third kappa shape index (κ3) is 3.43. The first-order valence-corrected chi connectivity index (χ1v) is 7.28. The van der Waals surface area contributed by atoms with Gasteiger partial charge in [0.25, 0.3) is 0 Å². The third-order valence-electron chi connectivity index (χ3n) is 2.56. The van der Waals surface area contributed by atoms with Gasteiger partial charge in [0.05, 0.1) is 26.4 Å². The molecule has 0 saturated carbocycles. The predicted octanol–water partition coefficient (Wildman–Crippen LogP) is 0.0964. The third-order valence-corrected chi connectivity index (χ3v) is 5.80. The Morgan fingerprint density at radius 2 is 1.24 bits per heavy atom. The van der Waals surface area contributed by atoms with E-state index < -0.39 is 8.88 Å². The molecule has 1 aliphatic rings. The molecule has 0 aromatic heterocycles. The second kappa shape index (κ2) is 6.97. The zero-order valence-corrected chi connectivity index (χ0v) is 12.0. The summed E-state index contributed by atoms with van der Waals surface area (Å²) in [6, 6.07) is 0. The average Bonchev–Trinajstić information content (AvgIpc) is 2.59. The van der Waals surface area contributed by atoms with Gasteiger partial charge in [-0.25, -0.2) is 0 Å². The van der Waals surface area contributed by atoms with Crippen molar-refractivity contribution < 1.29 is 18.3 Å². The monoisotopic (exact) mass is 262 g/mol. The smallest absolute Gasteiger partial charge is 0.382 e. The molecule has 0 atom stereocenters. The minimum atomic E-state index is -2.52. The average molecular weight is 262 g/mol. The highest BCUT2D eigenvalue weighted by atomic mass is 28.4. The molecule has 0 aliphatic carbocycles. The molecule has 1 heterocycles. The van der Waals surface area contributed by atoms with E-state index in [9.17, 15) is 0 Å². The van der Waals surface area contributed by atoms with Crippen molar-refractivity contribution in [3.05, 3.63) is 12.4 Å². The van der Waals surface area contributed by atoms with E-state index in [0.717, 1.165) is 0 Å². The largest absolute Gasteiger partial charge is 0.587 e. The van der Waals surface area contributed by atoms with Gasteiger partial charge in [0, 0.05) is 40.7 Å².